The Morgan fingerprint density at radius 1 is 1.00 bits per heavy atom. The summed E-state index contributed by atoms with van der Waals surface area (Å²) in [4.78, 5) is 17.4. The summed E-state index contributed by atoms with van der Waals surface area (Å²) < 4.78 is 8.89. The van der Waals surface area contributed by atoms with E-state index in [0.717, 1.165) is 27.5 Å². The van der Waals surface area contributed by atoms with Gasteiger partial charge in [0.2, 0.25) is 0 Å². The van der Waals surface area contributed by atoms with Gasteiger partial charge in [-0.2, -0.15) is 4.98 Å². The summed E-state index contributed by atoms with van der Waals surface area (Å²) in [6.45, 7) is 0. The van der Waals surface area contributed by atoms with Crippen molar-refractivity contribution in [2.75, 3.05) is 5.73 Å². The minimum Gasteiger partial charge on any atom is -0.365 e. The van der Waals surface area contributed by atoms with Gasteiger partial charge < -0.3 is 14.8 Å². The van der Waals surface area contributed by atoms with Gasteiger partial charge in [-0.1, -0.05) is 35.3 Å². The van der Waals surface area contributed by atoms with E-state index < -0.39 is 0 Å². The van der Waals surface area contributed by atoms with Crippen LogP contribution in [0.2, 0.25) is 10.0 Å². The van der Waals surface area contributed by atoms with Gasteiger partial charge in [0.15, 0.2) is 0 Å². The lowest BCUT2D eigenvalue weighted by atomic mass is 10.0. The van der Waals surface area contributed by atoms with Gasteiger partial charge in [0.25, 0.3) is 17.4 Å². The van der Waals surface area contributed by atoms with Crippen LogP contribution in [0.25, 0.3) is 44.5 Å². The van der Waals surface area contributed by atoms with Crippen molar-refractivity contribution < 1.29 is 4.52 Å². The summed E-state index contributed by atoms with van der Waals surface area (Å²) in [6.07, 6.45) is 0. The van der Waals surface area contributed by atoms with Crippen molar-refractivity contribution in [2.24, 2.45) is 14.1 Å². The fourth-order valence-electron chi connectivity index (χ4n) is 3.96. The van der Waals surface area contributed by atoms with E-state index in [0.29, 0.717) is 27.1 Å². The monoisotopic (exact) mass is 439 g/mol. The summed E-state index contributed by atoms with van der Waals surface area (Å²) in [5.41, 5.74) is 8.97. The van der Waals surface area contributed by atoms with Crippen molar-refractivity contribution in [3.05, 3.63) is 62.9 Å². The highest BCUT2D eigenvalue weighted by Crippen LogP contribution is 2.37. The first kappa shape index (κ1) is 18.7. The molecule has 2 N–H and O–H groups in total. The maximum Gasteiger partial charge on any atom is 0.261 e. The quantitative estimate of drug-likeness (QED) is 0.432. The van der Waals surface area contributed by atoms with Crippen LogP contribution in [-0.4, -0.2) is 19.3 Å². The molecule has 30 heavy (non-hydrogen) atoms. The molecule has 5 aromatic rings. The highest BCUT2D eigenvalue weighted by molar-refractivity contribution is 6.36. The van der Waals surface area contributed by atoms with E-state index >= 15 is 0 Å². The molecule has 5 rings (SSSR count). The largest absolute Gasteiger partial charge is 0.365 e. The highest BCUT2D eigenvalue weighted by atomic mass is 35.5. The van der Waals surface area contributed by atoms with Gasteiger partial charge in [-0.3, -0.25) is 9.36 Å². The molecule has 9 heteroatoms. The van der Waals surface area contributed by atoms with Gasteiger partial charge in [-0.15, -0.1) is 0 Å². The fourth-order valence-corrected chi connectivity index (χ4v) is 4.47. The molecule has 0 bridgehead atoms. The Labute approximate surface area is 180 Å². The zero-order valence-electron chi connectivity index (χ0n) is 16.0. The lowest BCUT2D eigenvalue weighted by molar-refractivity contribution is 0.433. The molecule has 0 spiro atoms. The van der Waals surface area contributed by atoms with E-state index in [4.69, 9.17) is 33.5 Å². The minimum atomic E-state index is -0.166. The molecule has 150 valence electrons. The van der Waals surface area contributed by atoms with Crippen LogP contribution in [0.5, 0.6) is 0 Å². The number of hydrogen-bond donors (Lipinski definition) is 1. The number of halogens is 2. The Balaban J connectivity index is 1.94. The van der Waals surface area contributed by atoms with Crippen LogP contribution in [0, 0.1) is 0 Å². The number of pyridine rings is 1. The Morgan fingerprint density at radius 3 is 2.50 bits per heavy atom. The number of rotatable bonds is 2. The number of hydrogen-bond acceptors (Lipinski definition) is 5. The molecule has 0 atom stereocenters. The first-order valence-corrected chi connectivity index (χ1v) is 9.78. The standard InChI is InChI=1S/C21H15Cl2N5O2/c1-27-16-5-3-4-12(18-25-21(24)26-30-18)17(16)14-9-13(20(29)28(2)19(14)27)11-7-6-10(22)8-15(11)23/h3-9H,1-2H3,(H2,24,26). The molecule has 7 nitrogen and oxygen atoms in total. The lowest BCUT2D eigenvalue weighted by Crippen LogP contribution is -2.20. The van der Waals surface area contributed by atoms with Gasteiger partial charge >= 0.3 is 0 Å². The second kappa shape index (κ2) is 6.62. The van der Waals surface area contributed by atoms with Gasteiger partial charge in [0, 0.05) is 46.6 Å². The number of fused-ring (bicyclic) bond motifs is 3. The van der Waals surface area contributed by atoms with Crippen molar-refractivity contribution >= 4 is 51.1 Å². The predicted octanol–water partition coefficient (Wildman–Crippen LogP) is 4.64. The SMILES string of the molecule is Cn1c(=O)c(-c2ccc(Cl)cc2Cl)cc2c3c(-c4nc(N)no4)cccc3n(C)c21. The van der Waals surface area contributed by atoms with Crippen molar-refractivity contribution in [3.8, 4) is 22.6 Å². The maximum absolute atomic E-state index is 13.2. The molecule has 0 radical (unpaired) electrons. The fraction of sp³-hybridized carbons (Fsp3) is 0.0952. The van der Waals surface area contributed by atoms with Crippen LogP contribution in [-0.2, 0) is 14.1 Å². The first-order chi connectivity index (χ1) is 14.4. The second-order valence-electron chi connectivity index (χ2n) is 7.00. The van der Waals surface area contributed by atoms with Crippen molar-refractivity contribution in [3.63, 3.8) is 0 Å². The van der Waals surface area contributed by atoms with E-state index in [9.17, 15) is 4.79 Å². The zero-order chi connectivity index (χ0) is 21.2. The van der Waals surface area contributed by atoms with Crippen LogP contribution < -0.4 is 11.3 Å². The van der Waals surface area contributed by atoms with Crippen molar-refractivity contribution in [1.29, 1.82) is 0 Å². The third-order valence-electron chi connectivity index (χ3n) is 5.27. The average Bonchev–Trinajstić information content (AvgIpc) is 3.27. The molecular weight excluding hydrogens is 425 g/mol. The first-order valence-electron chi connectivity index (χ1n) is 9.03. The summed E-state index contributed by atoms with van der Waals surface area (Å²) in [5.74, 6) is 0.369. The number of nitrogens with zero attached hydrogens (tertiary/aromatic N) is 4. The van der Waals surface area contributed by atoms with Crippen LogP contribution in [0.4, 0.5) is 5.95 Å². The third kappa shape index (κ3) is 2.63. The molecule has 0 amide bonds. The normalized spacial score (nSPS) is 11.6. The van der Waals surface area contributed by atoms with Crippen molar-refractivity contribution in [1.82, 2.24) is 19.3 Å². The third-order valence-corrected chi connectivity index (χ3v) is 5.81. The number of aromatic nitrogens is 4. The number of nitrogen functional groups attached to an aromatic ring is 1. The van der Waals surface area contributed by atoms with E-state index in [-0.39, 0.29) is 11.5 Å². The molecule has 0 fully saturated rings. The van der Waals surface area contributed by atoms with Crippen molar-refractivity contribution in [2.45, 2.75) is 0 Å². The van der Waals surface area contributed by atoms with Crippen LogP contribution in [0.3, 0.4) is 0 Å². The lowest BCUT2D eigenvalue weighted by Gasteiger charge is -2.10. The Hall–Kier alpha value is -3.29. The molecule has 0 saturated heterocycles. The summed E-state index contributed by atoms with van der Waals surface area (Å²) in [7, 11) is 3.65. The molecule has 0 aliphatic rings. The molecule has 2 aromatic carbocycles. The smallest absolute Gasteiger partial charge is 0.261 e. The highest BCUT2D eigenvalue weighted by Gasteiger charge is 2.21. The van der Waals surface area contributed by atoms with Crippen LogP contribution >= 0.6 is 23.2 Å². The minimum absolute atomic E-state index is 0.0586. The van der Waals surface area contributed by atoms with Crippen LogP contribution in [0.15, 0.2) is 51.8 Å². The Kier molecular flexibility index (Phi) is 4.13. The summed E-state index contributed by atoms with van der Waals surface area (Å²) >= 11 is 12.4. The second-order valence-corrected chi connectivity index (χ2v) is 7.84. The zero-order valence-corrected chi connectivity index (χ0v) is 17.5. The number of aryl methyl sites for hydroxylation is 2. The maximum atomic E-state index is 13.2. The summed E-state index contributed by atoms with van der Waals surface area (Å²) in [5, 5.41) is 6.34. The Morgan fingerprint density at radius 2 is 1.80 bits per heavy atom. The van der Waals surface area contributed by atoms with Gasteiger partial charge in [0.1, 0.15) is 5.65 Å². The molecular formula is C21H15Cl2N5O2. The van der Waals surface area contributed by atoms with Gasteiger partial charge in [0.05, 0.1) is 10.5 Å². The van der Waals surface area contributed by atoms with Gasteiger partial charge in [-0.05, 0) is 35.5 Å². The topological polar surface area (TPSA) is 91.9 Å². The number of anilines is 1. The molecule has 3 heterocycles. The van der Waals surface area contributed by atoms with E-state index in [1.165, 1.54) is 0 Å². The molecule has 0 unspecified atom stereocenters. The van der Waals surface area contributed by atoms with E-state index in [2.05, 4.69) is 10.1 Å². The average molecular weight is 440 g/mol. The number of nitrogens with two attached hydrogens (primary N) is 1. The van der Waals surface area contributed by atoms with Gasteiger partial charge in [-0.25, -0.2) is 0 Å². The molecule has 0 aliphatic carbocycles. The molecule has 0 saturated carbocycles. The number of benzene rings is 2. The van der Waals surface area contributed by atoms with E-state index in [1.807, 2.05) is 35.9 Å². The molecule has 3 aromatic heterocycles. The Bertz CT molecular complexity index is 1530. The predicted molar refractivity (Wildman–Crippen MR) is 119 cm³/mol. The molecule has 0 aliphatic heterocycles. The van der Waals surface area contributed by atoms with Crippen LogP contribution in [0.1, 0.15) is 0 Å². The van der Waals surface area contributed by atoms with E-state index in [1.54, 1.807) is 29.8 Å². The summed E-state index contributed by atoms with van der Waals surface area (Å²) in [6, 6.07) is 12.7.